The molecule has 8 heteroatoms. The number of esters is 1. The van der Waals surface area contributed by atoms with E-state index in [1.165, 1.54) is 36.7 Å². The Bertz CT molecular complexity index is 703. The molecule has 2 rings (SSSR count). The zero-order valence-corrected chi connectivity index (χ0v) is 11.6. The van der Waals surface area contributed by atoms with E-state index in [0.29, 0.717) is 0 Å². The van der Waals surface area contributed by atoms with Crippen LogP contribution in [0.15, 0.2) is 48.8 Å². The number of anilines is 1. The zero-order valence-electron chi connectivity index (χ0n) is 11.6. The molecule has 2 aromatic rings. The second-order valence-electron chi connectivity index (χ2n) is 4.41. The Hall–Kier alpha value is -2.90. The van der Waals surface area contributed by atoms with Crippen LogP contribution in [0.1, 0.15) is 15.9 Å². The molecule has 0 saturated heterocycles. The Morgan fingerprint density at radius 2 is 1.87 bits per heavy atom. The molecule has 1 amide bonds. The summed E-state index contributed by atoms with van der Waals surface area (Å²) in [5.74, 6) is -1.67. The minimum atomic E-state index is -4.60. The molecule has 0 radical (unpaired) electrons. The maximum atomic E-state index is 12.8. The maximum absolute atomic E-state index is 12.8. The number of ether oxygens (including phenoxy) is 1. The van der Waals surface area contributed by atoms with Gasteiger partial charge in [0.2, 0.25) is 0 Å². The highest BCUT2D eigenvalue weighted by Gasteiger charge is 2.33. The number of nitrogens with zero attached hydrogens (tertiary/aromatic N) is 1. The van der Waals surface area contributed by atoms with Gasteiger partial charge in [-0.05, 0) is 24.3 Å². The Morgan fingerprint density at radius 3 is 2.52 bits per heavy atom. The molecule has 0 unspecified atom stereocenters. The van der Waals surface area contributed by atoms with E-state index in [4.69, 9.17) is 4.74 Å². The molecule has 1 N–H and O–H groups in total. The van der Waals surface area contributed by atoms with Crippen molar-refractivity contribution in [1.29, 1.82) is 0 Å². The molecular formula is C15H11F3N2O3. The molecule has 120 valence electrons. The number of para-hydroxylation sites is 1. The summed E-state index contributed by atoms with van der Waals surface area (Å²) in [6, 6.07) is 7.47. The topological polar surface area (TPSA) is 68.3 Å². The third-order valence-corrected chi connectivity index (χ3v) is 2.74. The number of rotatable bonds is 4. The molecule has 0 aliphatic rings. The number of aromatic nitrogens is 1. The molecule has 5 nitrogen and oxygen atoms in total. The van der Waals surface area contributed by atoms with Crippen molar-refractivity contribution in [2.24, 2.45) is 0 Å². The fraction of sp³-hybridized carbons (Fsp3) is 0.133. The number of pyridine rings is 1. The first kappa shape index (κ1) is 16.5. The highest BCUT2D eigenvalue weighted by molar-refractivity contribution is 5.95. The highest BCUT2D eigenvalue weighted by Crippen LogP contribution is 2.34. The van der Waals surface area contributed by atoms with Gasteiger partial charge in [-0.15, -0.1) is 0 Å². The minimum absolute atomic E-state index is 0.135. The van der Waals surface area contributed by atoms with Crippen LogP contribution >= 0.6 is 0 Å². The molecule has 0 spiro atoms. The third kappa shape index (κ3) is 4.53. The lowest BCUT2D eigenvalue weighted by atomic mass is 10.1. The van der Waals surface area contributed by atoms with Crippen LogP contribution in [0.2, 0.25) is 0 Å². The number of nitrogens with one attached hydrogen (secondary N) is 1. The van der Waals surface area contributed by atoms with Gasteiger partial charge in [0.15, 0.2) is 6.61 Å². The Labute approximate surface area is 129 Å². The van der Waals surface area contributed by atoms with Gasteiger partial charge in [-0.3, -0.25) is 9.78 Å². The van der Waals surface area contributed by atoms with E-state index in [1.54, 1.807) is 0 Å². The van der Waals surface area contributed by atoms with Crippen LogP contribution in [0.3, 0.4) is 0 Å². The van der Waals surface area contributed by atoms with Gasteiger partial charge in [0.1, 0.15) is 0 Å². The SMILES string of the molecule is O=C(COC(=O)c1cccnc1)Nc1ccccc1C(F)(F)F. The van der Waals surface area contributed by atoms with Gasteiger partial charge in [-0.1, -0.05) is 12.1 Å². The summed E-state index contributed by atoms with van der Waals surface area (Å²) >= 11 is 0. The number of amides is 1. The second-order valence-corrected chi connectivity index (χ2v) is 4.41. The highest BCUT2D eigenvalue weighted by atomic mass is 19.4. The zero-order chi connectivity index (χ0) is 16.9. The minimum Gasteiger partial charge on any atom is -0.452 e. The van der Waals surface area contributed by atoms with Crippen molar-refractivity contribution < 1.29 is 27.5 Å². The van der Waals surface area contributed by atoms with Crippen LogP contribution in [0.5, 0.6) is 0 Å². The number of carbonyl (C=O) groups is 2. The van der Waals surface area contributed by atoms with Crippen molar-refractivity contribution in [3.8, 4) is 0 Å². The van der Waals surface area contributed by atoms with Crippen molar-refractivity contribution in [3.63, 3.8) is 0 Å². The molecule has 0 aliphatic heterocycles. The van der Waals surface area contributed by atoms with Crippen molar-refractivity contribution in [3.05, 3.63) is 59.9 Å². The molecule has 23 heavy (non-hydrogen) atoms. The predicted octanol–water partition coefficient (Wildman–Crippen LogP) is 2.90. The van der Waals surface area contributed by atoms with Crippen molar-refractivity contribution in [2.75, 3.05) is 11.9 Å². The molecule has 0 fully saturated rings. The van der Waals surface area contributed by atoms with E-state index in [9.17, 15) is 22.8 Å². The monoisotopic (exact) mass is 324 g/mol. The number of alkyl halides is 3. The van der Waals surface area contributed by atoms with Gasteiger partial charge < -0.3 is 10.1 Å². The van der Waals surface area contributed by atoms with E-state index in [1.807, 2.05) is 0 Å². The quantitative estimate of drug-likeness (QED) is 0.878. The van der Waals surface area contributed by atoms with Crippen molar-refractivity contribution in [2.45, 2.75) is 6.18 Å². The molecule has 0 atom stereocenters. The number of hydrogen-bond donors (Lipinski definition) is 1. The molecule has 0 saturated carbocycles. The van der Waals surface area contributed by atoms with E-state index in [-0.39, 0.29) is 5.56 Å². The van der Waals surface area contributed by atoms with Gasteiger partial charge >= 0.3 is 12.1 Å². The molecule has 1 aromatic carbocycles. The maximum Gasteiger partial charge on any atom is 0.418 e. The third-order valence-electron chi connectivity index (χ3n) is 2.74. The van der Waals surface area contributed by atoms with Crippen LogP contribution in [0.4, 0.5) is 18.9 Å². The summed E-state index contributed by atoms with van der Waals surface area (Å²) < 4.78 is 43.1. The van der Waals surface area contributed by atoms with Gasteiger partial charge in [0.25, 0.3) is 5.91 Å². The summed E-state index contributed by atoms with van der Waals surface area (Å²) in [6.45, 7) is -0.708. The largest absolute Gasteiger partial charge is 0.452 e. The number of carbonyl (C=O) groups excluding carboxylic acids is 2. The van der Waals surface area contributed by atoms with Crippen LogP contribution < -0.4 is 5.32 Å². The first-order valence-corrected chi connectivity index (χ1v) is 6.41. The Morgan fingerprint density at radius 1 is 1.13 bits per heavy atom. The van der Waals surface area contributed by atoms with E-state index in [0.717, 1.165) is 12.1 Å². The van der Waals surface area contributed by atoms with Crippen LogP contribution in [-0.4, -0.2) is 23.5 Å². The summed E-state index contributed by atoms with van der Waals surface area (Å²) in [5.41, 5.74) is -1.25. The predicted molar refractivity (Wildman–Crippen MR) is 74.6 cm³/mol. The standard InChI is InChI=1S/C15H11F3N2O3/c16-15(17,18)11-5-1-2-6-12(11)20-13(21)9-23-14(22)10-4-3-7-19-8-10/h1-8H,9H2,(H,20,21). The van der Waals surface area contributed by atoms with E-state index < -0.39 is 35.9 Å². The summed E-state index contributed by atoms with van der Waals surface area (Å²) in [4.78, 5) is 27.0. The number of halogens is 3. The lowest BCUT2D eigenvalue weighted by Gasteiger charge is -2.13. The van der Waals surface area contributed by atoms with Crippen LogP contribution in [-0.2, 0) is 15.7 Å². The average Bonchev–Trinajstić information content (AvgIpc) is 2.53. The van der Waals surface area contributed by atoms with Gasteiger partial charge in [-0.2, -0.15) is 13.2 Å². The first-order valence-electron chi connectivity index (χ1n) is 6.41. The Kier molecular flexibility index (Phi) is 4.95. The van der Waals surface area contributed by atoms with Gasteiger partial charge in [0, 0.05) is 12.4 Å². The van der Waals surface area contributed by atoms with Crippen LogP contribution in [0, 0.1) is 0 Å². The lowest BCUT2D eigenvalue weighted by molar-refractivity contribution is -0.137. The van der Waals surface area contributed by atoms with Crippen molar-refractivity contribution >= 4 is 17.6 Å². The fourth-order valence-corrected chi connectivity index (χ4v) is 1.72. The molecule has 0 bridgehead atoms. The van der Waals surface area contributed by atoms with E-state index in [2.05, 4.69) is 10.3 Å². The van der Waals surface area contributed by atoms with Gasteiger partial charge in [0.05, 0.1) is 16.8 Å². The molecular weight excluding hydrogens is 313 g/mol. The van der Waals surface area contributed by atoms with Gasteiger partial charge in [-0.25, -0.2) is 4.79 Å². The Balaban J connectivity index is 1.97. The first-order chi connectivity index (χ1) is 10.9. The molecule has 1 heterocycles. The van der Waals surface area contributed by atoms with E-state index >= 15 is 0 Å². The molecule has 0 aliphatic carbocycles. The average molecular weight is 324 g/mol. The number of hydrogen-bond acceptors (Lipinski definition) is 4. The normalized spacial score (nSPS) is 10.9. The second kappa shape index (κ2) is 6.91. The lowest BCUT2D eigenvalue weighted by Crippen LogP contribution is -2.22. The summed E-state index contributed by atoms with van der Waals surface area (Å²) in [6.07, 6.45) is -1.90. The summed E-state index contributed by atoms with van der Waals surface area (Å²) in [7, 11) is 0. The van der Waals surface area contributed by atoms with Crippen LogP contribution in [0.25, 0.3) is 0 Å². The number of benzene rings is 1. The fourth-order valence-electron chi connectivity index (χ4n) is 1.72. The molecule has 1 aromatic heterocycles. The van der Waals surface area contributed by atoms with Crippen molar-refractivity contribution in [1.82, 2.24) is 4.98 Å². The summed E-state index contributed by atoms with van der Waals surface area (Å²) in [5, 5.41) is 2.07. The smallest absolute Gasteiger partial charge is 0.418 e.